The molecule has 0 spiro atoms. The average molecular weight is 306 g/mol. The molecule has 0 saturated heterocycles. The van der Waals surface area contributed by atoms with Crippen LogP contribution >= 0.6 is 23.4 Å². The highest BCUT2D eigenvalue weighted by Crippen LogP contribution is 2.13. The summed E-state index contributed by atoms with van der Waals surface area (Å²) in [6, 6.07) is 12.8. The van der Waals surface area contributed by atoms with Crippen LogP contribution in [0.5, 0.6) is 0 Å². The largest absolute Gasteiger partial charge is 0.272 e. The zero-order chi connectivity index (χ0) is 14.2. The molecule has 6 heteroatoms. The molecule has 1 heterocycles. The lowest BCUT2D eigenvalue weighted by molar-refractivity contribution is -0.118. The molecule has 1 N–H and O–H groups in total. The first-order valence-electron chi connectivity index (χ1n) is 5.86. The van der Waals surface area contributed by atoms with Crippen molar-refractivity contribution in [1.82, 2.24) is 10.4 Å². The molecule has 1 aromatic carbocycles. The Hall–Kier alpha value is -1.85. The normalized spacial score (nSPS) is 10.7. The van der Waals surface area contributed by atoms with E-state index in [1.807, 2.05) is 36.4 Å². The summed E-state index contributed by atoms with van der Waals surface area (Å²) in [5, 5.41) is 5.27. The van der Waals surface area contributed by atoms with Crippen LogP contribution in [-0.2, 0) is 4.79 Å². The third-order valence-electron chi connectivity index (χ3n) is 2.29. The Morgan fingerprint density at radius 1 is 1.30 bits per heavy atom. The molecule has 0 fully saturated rings. The molecule has 0 bridgehead atoms. The molecule has 0 aliphatic rings. The second-order valence-electron chi connectivity index (χ2n) is 3.77. The number of carbonyl (C=O) groups excluding carboxylic acids is 1. The third kappa shape index (κ3) is 4.68. The fourth-order valence-electron chi connectivity index (χ4n) is 1.36. The molecule has 0 saturated carbocycles. The van der Waals surface area contributed by atoms with Crippen molar-refractivity contribution >= 4 is 35.5 Å². The SMILES string of the molecule is O=C(CSc1ccccn1)N/N=C\c1ccccc1Cl. The van der Waals surface area contributed by atoms with Crippen molar-refractivity contribution in [2.45, 2.75) is 5.03 Å². The molecule has 0 unspecified atom stereocenters. The van der Waals surface area contributed by atoms with Crippen molar-refractivity contribution in [2.75, 3.05) is 5.75 Å². The smallest absolute Gasteiger partial charge is 0.250 e. The molecular weight excluding hydrogens is 294 g/mol. The molecule has 0 aliphatic heterocycles. The minimum absolute atomic E-state index is 0.191. The van der Waals surface area contributed by atoms with Crippen molar-refractivity contribution in [3.05, 3.63) is 59.2 Å². The maximum atomic E-state index is 11.6. The van der Waals surface area contributed by atoms with Crippen LogP contribution in [0.4, 0.5) is 0 Å². The maximum absolute atomic E-state index is 11.6. The molecule has 102 valence electrons. The minimum Gasteiger partial charge on any atom is -0.272 e. The highest BCUT2D eigenvalue weighted by molar-refractivity contribution is 7.99. The van der Waals surface area contributed by atoms with Gasteiger partial charge in [-0.1, -0.05) is 47.6 Å². The second-order valence-corrected chi connectivity index (χ2v) is 5.17. The van der Waals surface area contributed by atoms with E-state index in [1.165, 1.54) is 18.0 Å². The minimum atomic E-state index is -0.191. The number of hydrazone groups is 1. The van der Waals surface area contributed by atoms with E-state index in [4.69, 9.17) is 11.6 Å². The Morgan fingerprint density at radius 2 is 2.10 bits per heavy atom. The standard InChI is InChI=1S/C14H12ClN3OS/c15-12-6-2-1-5-11(12)9-17-18-13(19)10-20-14-7-3-4-8-16-14/h1-9H,10H2,(H,18,19)/b17-9-. The first-order valence-corrected chi connectivity index (χ1v) is 7.22. The van der Waals surface area contributed by atoms with Gasteiger partial charge in [-0.15, -0.1) is 0 Å². The molecule has 20 heavy (non-hydrogen) atoms. The summed E-state index contributed by atoms with van der Waals surface area (Å²) < 4.78 is 0. The van der Waals surface area contributed by atoms with Crippen molar-refractivity contribution in [3.8, 4) is 0 Å². The van der Waals surface area contributed by atoms with E-state index in [0.29, 0.717) is 5.02 Å². The highest BCUT2D eigenvalue weighted by atomic mass is 35.5. The van der Waals surface area contributed by atoms with Crippen LogP contribution < -0.4 is 5.43 Å². The average Bonchev–Trinajstić information content (AvgIpc) is 2.48. The summed E-state index contributed by atoms with van der Waals surface area (Å²) in [5.74, 6) is 0.0700. The number of pyridine rings is 1. The van der Waals surface area contributed by atoms with Gasteiger partial charge in [0.1, 0.15) is 0 Å². The van der Waals surface area contributed by atoms with Gasteiger partial charge >= 0.3 is 0 Å². The summed E-state index contributed by atoms with van der Waals surface area (Å²) in [6.07, 6.45) is 3.21. The molecule has 2 aromatic rings. The van der Waals surface area contributed by atoms with Crippen LogP contribution in [0.15, 0.2) is 58.8 Å². The van der Waals surface area contributed by atoms with Crippen LogP contribution in [0.1, 0.15) is 5.56 Å². The summed E-state index contributed by atoms with van der Waals surface area (Å²) in [5.41, 5.74) is 3.21. The Morgan fingerprint density at radius 3 is 2.85 bits per heavy atom. The van der Waals surface area contributed by atoms with Crippen LogP contribution in [0.25, 0.3) is 0 Å². The van der Waals surface area contributed by atoms with Gasteiger partial charge in [0.05, 0.1) is 17.0 Å². The molecule has 1 aromatic heterocycles. The Balaban J connectivity index is 1.79. The van der Waals surface area contributed by atoms with E-state index < -0.39 is 0 Å². The van der Waals surface area contributed by atoms with Crippen molar-refractivity contribution in [1.29, 1.82) is 0 Å². The number of hydrogen-bond donors (Lipinski definition) is 1. The lowest BCUT2D eigenvalue weighted by Crippen LogP contribution is -2.19. The van der Waals surface area contributed by atoms with Crippen LogP contribution in [0, 0.1) is 0 Å². The van der Waals surface area contributed by atoms with E-state index in [0.717, 1.165) is 10.6 Å². The van der Waals surface area contributed by atoms with Gasteiger partial charge < -0.3 is 0 Å². The predicted molar refractivity (Wildman–Crippen MR) is 82.1 cm³/mol. The number of amides is 1. The van der Waals surface area contributed by atoms with E-state index in [1.54, 1.807) is 12.3 Å². The molecule has 0 aliphatic carbocycles. The highest BCUT2D eigenvalue weighted by Gasteiger charge is 2.02. The van der Waals surface area contributed by atoms with Crippen LogP contribution in [-0.4, -0.2) is 22.9 Å². The zero-order valence-corrected chi connectivity index (χ0v) is 12.1. The molecule has 0 radical (unpaired) electrons. The van der Waals surface area contributed by atoms with Crippen LogP contribution in [0.3, 0.4) is 0 Å². The topological polar surface area (TPSA) is 54.4 Å². The number of carbonyl (C=O) groups is 1. The number of nitrogens with one attached hydrogen (secondary N) is 1. The van der Waals surface area contributed by atoms with E-state index >= 15 is 0 Å². The fourth-order valence-corrected chi connectivity index (χ4v) is 2.20. The predicted octanol–water partition coefficient (Wildman–Crippen LogP) is 2.98. The quantitative estimate of drug-likeness (QED) is 0.525. The van der Waals surface area contributed by atoms with Gasteiger partial charge in [0.25, 0.3) is 0 Å². The van der Waals surface area contributed by atoms with Gasteiger partial charge in [-0.25, -0.2) is 10.4 Å². The lowest BCUT2D eigenvalue weighted by Gasteiger charge is -2.00. The first-order chi connectivity index (χ1) is 9.75. The summed E-state index contributed by atoms with van der Waals surface area (Å²) >= 11 is 7.32. The summed E-state index contributed by atoms with van der Waals surface area (Å²) in [7, 11) is 0. The number of aromatic nitrogens is 1. The van der Waals surface area contributed by atoms with Gasteiger partial charge in [-0.3, -0.25) is 4.79 Å². The van der Waals surface area contributed by atoms with E-state index in [2.05, 4.69) is 15.5 Å². The fraction of sp³-hybridized carbons (Fsp3) is 0.0714. The maximum Gasteiger partial charge on any atom is 0.250 e. The first kappa shape index (κ1) is 14.6. The van der Waals surface area contributed by atoms with E-state index in [-0.39, 0.29) is 11.7 Å². The van der Waals surface area contributed by atoms with Crippen molar-refractivity contribution in [3.63, 3.8) is 0 Å². The van der Waals surface area contributed by atoms with Gasteiger partial charge in [0, 0.05) is 16.8 Å². The molecule has 4 nitrogen and oxygen atoms in total. The molecule has 2 rings (SSSR count). The third-order valence-corrected chi connectivity index (χ3v) is 3.57. The second kappa shape index (κ2) is 7.67. The van der Waals surface area contributed by atoms with Crippen LogP contribution in [0.2, 0.25) is 5.02 Å². The summed E-state index contributed by atoms with van der Waals surface area (Å²) in [4.78, 5) is 15.7. The van der Waals surface area contributed by atoms with Crippen molar-refractivity contribution < 1.29 is 4.79 Å². The number of benzene rings is 1. The van der Waals surface area contributed by atoms with Gasteiger partial charge in [0.2, 0.25) is 5.91 Å². The Bertz CT molecular complexity index is 604. The number of thioether (sulfide) groups is 1. The molecule has 1 amide bonds. The number of halogens is 1. The van der Waals surface area contributed by atoms with Crippen molar-refractivity contribution in [2.24, 2.45) is 5.10 Å². The number of rotatable bonds is 5. The molecular formula is C14H12ClN3OS. The van der Waals surface area contributed by atoms with E-state index in [9.17, 15) is 4.79 Å². The number of hydrogen-bond acceptors (Lipinski definition) is 4. The Kier molecular flexibility index (Phi) is 5.58. The monoisotopic (exact) mass is 305 g/mol. The Labute approximate surface area is 126 Å². The van der Waals surface area contributed by atoms with Gasteiger partial charge in [-0.2, -0.15) is 5.10 Å². The lowest BCUT2D eigenvalue weighted by atomic mass is 10.2. The summed E-state index contributed by atoms with van der Waals surface area (Å²) in [6.45, 7) is 0. The zero-order valence-electron chi connectivity index (χ0n) is 10.5. The molecule has 0 atom stereocenters. The van der Waals surface area contributed by atoms with Gasteiger partial charge in [-0.05, 0) is 18.2 Å². The van der Waals surface area contributed by atoms with Gasteiger partial charge in [0.15, 0.2) is 0 Å². The number of nitrogens with zero attached hydrogens (tertiary/aromatic N) is 2.